The van der Waals surface area contributed by atoms with Gasteiger partial charge in [-0.05, 0) is 0 Å². The zero-order chi connectivity index (χ0) is 13.6. The van der Waals surface area contributed by atoms with Crippen LogP contribution in [0.15, 0.2) is 12.7 Å². The molecule has 0 saturated carbocycles. The maximum atomic E-state index is 10.1. The van der Waals surface area contributed by atoms with Crippen LogP contribution in [0.1, 0.15) is 4.94 Å². The van der Waals surface area contributed by atoms with Gasteiger partial charge in [-0.1, -0.05) is 0 Å². The van der Waals surface area contributed by atoms with Gasteiger partial charge in [-0.2, -0.15) is 0 Å². The predicted octanol–water partition coefficient (Wildman–Crippen LogP) is -0.801. The van der Waals surface area contributed by atoms with Crippen LogP contribution in [0.2, 0.25) is 9.97 Å². The van der Waals surface area contributed by atoms with Crippen LogP contribution < -0.4 is 0 Å². The van der Waals surface area contributed by atoms with E-state index in [1.54, 1.807) is 4.57 Å². The van der Waals surface area contributed by atoms with Crippen molar-refractivity contribution in [2.75, 3.05) is 6.61 Å². The number of aliphatic hydroxyl groups excluding tert-OH is 3. The summed E-state index contributed by atoms with van der Waals surface area (Å²) in [5.41, 5.74) is 0.991. The fourth-order valence-electron chi connectivity index (χ4n) is 2.12. The number of hydrogen-bond acceptors (Lipinski definition) is 6. The number of halogens is 1. The van der Waals surface area contributed by atoms with Crippen molar-refractivity contribution >= 4 is 37.7 Å². The molecule has 1 aliphatic rings. The van der Waals surface area contributed by atoms with Crippen molar-refractivity contribution in [3.63, 3.8) is 0 Å². The third kappa shape index (κ3) is 2.05. The monoisotopic (exact) mass is 350 g/mol. The standard InChI is InChI=1S/C10H11ClN4O3Se/c11-8-5-9(13-2-12-8)15(3-14-5)10-7(18)6(17)4(1-16)19-10/h2-4,6-7,10,16-18H,1H2/t4-,6?,7?,10-/m1/s1. The van der Waals surface area contributed by atoms with Crippen molar-refractivity contribution in [3.05, 3.63) is 17.8 Å². The van der Waals surface area contributed by atoms with Crippen molar-refractivity contribution < 1.29 is 15.3 Å². The molecule has 2 unspecified atom stereocenters. The van der Waals surface area contributed by atoms with E-state index < -0.39 is 12.2 Å². The van der Waals surface area contributed by atoms with E-state index in [0.29, 0.717) is 11.2 Å². The van der Waals surface area contributed by atoms with Crippen LogP contribution in [0, 0.1) is 0 Å². The molecule has 3 rings (SSSR count). The molecule has 2 aromatic heterocycles. The third-order valence-electron chi connectivity index (χ3n) is 3.11. The molecule has 0 aliphatic carbocycles. The Labute approximate surface area is 119 Å². The molecule has 0 radical (unpaired) electrons. The second-order valence-corrected chi connectivity index (χ2v) is 7.43. The number of rotatable bonds is 2. The van der Waals surface area contributed by atoms with Crippen LogP contribution in [0.5, 0.6) is 0 Å². The van der Waals surface area contributed by atoms with Gasteiger partial charge in [0.25, 0.3) is 0 Å². The van der Waals surface area contributed by atoms with E-state index in [1.165, 1.54) is 12.7 Å². The average Bonchev–Trinajstić information content (AvgIpc) is 2.94. The maximum absolute atomic E-state index is 10.1. The molecule has 1 fully saturated rings. The van der Waals surface area contributed by atoms with Gasteiger partial charge in [-0.15, -0.1) is 0 Å². The molecule has 7 nitrogen and oxygen atoms in total. The Morgan fingerprint density at radius 2 is 2.05 bits per heavy atom. The molecule has 4 atom stereocenters. The summed E-state index contributed by atoms with van der Waals surface area (Å²) in [5.74, 6) is 0. The summed E-state index contributed by atoms with van der Waals surface area (Å²) in [6.45, 7) is -0.142. The molecule has 1 saturated heterocycles. The van der Waals surface area contributed by atoms with Gasteiger partial charge in [0.2, 0.25) is 0 Å². The summed E-state index contributed by atoms with van der Waals surface area (Å²) < 4.78 is 1.70. The van der Waals surface area contributed by atoms with E-state index >= 15 is 0 Å². The van der Waals surface area contributed by atoms with Crippen LogP contribution in [0.25, 0.3) is 11.2 Å². The van der Waals surface area contributed by atoms with E-state index in [0.717, 1.165) is 0 Å². The number of aromatic nitrogens is 4. The summed E-state index contributed by atoms with van der Waals surface area (Å²) in [6, 6.07) is 0. The van der Waals surface area contributed by atoms with Crippen molar-refractivity contribution in [2.24, 2.45) is 0 Å². The first kappa shape index (κ1) is 13.2. The summed E-state index contributed by atoms with van der Waals surface area (Å²) in [5, 5.41) is 29.4. The minimum absolute atomic E-state index is 0.142. The van der Waals surface area contributed by atoms with Gasteiger partial charge in [-0.3, -0.25) is 0 Å². The summed E-state index contributed by atoms with van der Waals surface area (Å²) in [7, 11) is 0. The Balaban J connectivity index is 2.04. The van der Waals surface area contributed by atoms with Crippen LogP contribution in [0.3, 0.4) is 0 Å². The Morgan fingerprint density at radius 3 is 2.74 bits per heavy atom. The molecule has 0 bridgehead atoms. The SMILES string of the molecule is OC[C@H]1[Se][C@@H](n2cnc3c(Cl)ncnc32)C(O)C1O. The molecule has 2 aromatic rings. The zero-order valence-corrected chi connectivity index (χ0v) is 12.1. The quantitative estimate of drug-likeness (QED) is 0.484. The molecule has 9 heteroatoms. The minimum atomic E-state index is -0.941. The second-order valence-electron chi connectivity index (χ2n) is 4.22. The average molecular weight is 350 g/mol. The van der Waals surface area contributed by atoms with Crippen LogP contribution in [-0.4, -0.2) is 68.6 Å². The first-order chi connectivity index (χ1) is 9.13. The molecule has 19 heavy (non-hydrogen) atoms. The molecule has 0 amide bonds. The van der Waals surface area contributed by atoms with Crippen LogP contribution in [-0.2, 0) is 0 Å². The topological polar surface area (TPSA) is 104 Å². The Bertz CT molecular complexity index is 609. The van der Waals surface area contributed by atoms with Gasteiger partial charge in [0.05, 0.1) is 0 Å². The number of aliphatic hydroxyl groups is 3. The van der Waals surface area contributed by atoms with Crippen molar-refractivity contribution in [1.82, 2.24) is 19.5 Å². The summed E-state index contributed by atoms with van der Waals surface area (Å²) in [4.78, 5) is 11.5. The van der Waals surface area contributed by atoms with Crippen molar-refractivity contribution in [1.29, 1.82) is 0 Å². The van der Waals surface area contributed by atoms with E-state index in [1.807, 2.05) is 0 Å². The number of nitrogens with zero attached hydrogens (tertiary/aromatic N) is 4. The normalized spacial score (nSPS) is 31.2. The Morgan fingerprint density at radius 1 is 1.26 bits per heavy atom. The van der Waals surface area contributed by atoms with E-state index in [-0.39, 0.29) is 36.5 Å². The van der Waals surface area contributed by atoms with Crippen LogP contribution >= 0.6 is 11.6 Å². The van der Waals surface area contributed by atoms with E-state index in [2.05, 4.69) is 15.0 Å². The fraction of sp³-hybridized carbons (Fsp3) is 0.500. The summed E-state index contributed by atoms with van der Waals surface area (Å²) >= 11 is 5.76. The molecule has 0 aromatic carbocycles. The zero-order valence-electron chi connectivity index (χ0n) is 9.59. The predicted molar refractivity (Wildman–Crippen MR) is 68.0 cm³/mol. The van der Waals surface area contributed by atoms with Gasteiger partial charge < -0.3 is 0 Å². The summed E-state index contributed by atoms with van der Waals surface area (Å²) in [6.07, 6.45) is 0.998. The number of imidazole rings is 1. The first-order valence-electron chi connectivity index (χ1n) is 5.59. The Hall–Kier alpha value is -0.761. The van der Waals surface area contributed by atoms with Gasteiger partial charge in [0, 0.05) is 0 Å². The second kappa shape index (κ2) is 4.97. The van der Waals surface area contributed by atoms with Crippen molar-refractivity contribution in [3.8, 4) is 0 Å². The first-order valence-corrected chi connectivity index (χ1v) is 7.94. The van der Waals surface area contributed by atoms with Gasteiger partial charge in [0.1, 0.15) is 0 Å². The van der Waals surface area contributed by atoms with Crippen molar-refractivity contribution in [2.45, 2.75) is 22.0 Å². The molecule has 102 valence electrons. The molecule has 3 heterocycles. The molecular weight excluding hydrogens is 339 g/mol. The molecular formula is C10H11ClN4O3Se. The molecule has 0 spiro atoms. The van der Waals surface area contributed by atoms with E-state index in [9.17, 15) is 15.3 Å². The van der Waals surface area contributed by atoms with Crippen LogP contribution in [0.4, 0.5) is 0 Å². The van der Waals surface area contributed by atoms with Gasteiger partial charge in [0.15, 0.2) is 0 Å². The third-order valence-corrected chi connectivity index (χ3v) is 6.66. The van der Waals surface area contributed by atoms with E-state index in [4.69, 9.17) is 11.6 Å². The number of hydrogen-bond donors (Lipinski definition) is 3. The van der Waals surface area contributed by atoms with Gasteiger partial charge in [-0.25, -0.2) is 0 Å². The fourth-order valence-corrected chi connectivity index (χ4v) is 5.18. The molecule has 3 N–H and O–H groups in total. The molecule has 1 aliphatic heterocycles. The van der Waals surface area contributed by atoms with Gasteiger partial charge >= 0.3 is 119 Å². The Kier molecular flexibility index (Phi) is 3.46. The number of fused-ring (bicyclic) bond motifs is 1.